The SMILES string of the molecule is [O-][n+]1ccc([Se]c2ccccc2)cc1. The van der Waals surface area contributed by atoms with Crippen LogP contribution in [0.1, 0.15) is 0 Å². The number of hydrogen-bond donors (Lipinski definition) is 0. The van der Waals surface area contributed by atoms with Gasteiger partial charge in [-0.05, 0) is 0 Å². The Bertz CT molecular complexity index is 399. The molecule has 70 valence electrons. The second-order valence-electron chi connectivity index (χ2n) is 2.81. The van der Waals surface area contributed by atoms with E-state index in [1.807, 2.05) is 30.3 Å². The fourth-order valence-electron chi connectivity index (χ4n) is 1.09. The van der Waals surface area contributed by atoms with Crippen molar-refractivity contribution < 1.29 is 4.73 Å². The second-order valence-corrected chi connectivity index (χ2v) is 5.22. The molecule has 0 fully saturated rings. The summed E-state index contributed by atoms with van der Waals surface area (Å²) in [5.74, 6) is 0. The van der Waals surface area contributed by atoms with Gasteiger partial charge in [0.2, 0.25) is 0 Å². The molecule has 1 aromatic carbocycles. The van der Waals surface area contributed by atoms with E-state index in [0.29, 0.717) is 15.0 Å². The van der Waals surface area contributed by atoms with Gasteiger partial charge in [-0.2, -0.15) is 0 Å². The molecule has 2 rings (SSSR count). The van der Waals surface area contributed by atoms with Crippen LogP contribution in [0.15, 0.2) is 54.9 Å². The molecule has 0 aliphatic rings. The van der Waals surface area contributed by atoms with E-state index >= 15 is 0 Å². The molecule has 1 heterocycles. The van der Waals surface area contributed by atoms with Crippen LogP contribution in [0.5, 0.6) is 0 Å². The van der Waals surface area contributed by atoms with Crippen LogP contribution in [0.25, 0.3) is 0 Å². The number of nitrogens with zero attached hydrogens (tertiary/aromatic N) is 1. The molecule has 0 saturated heterocycles. The van der Waals surface area contributed by atoms with Gasteiger partial charge in [0.1, 0.15) is 0 Å². The molecular weight excluding hydrogens is 241 g/mol. The number of aromatic nitrogens is 1. The van der Waals surface area contributed by atoms with E-state index in [2.05, 4.69) is 12.1 Å². The molecule has 0 bridgehead atoms. The van der Waals surface area contributed by atoms with Crippen LogP contribution >= 0.6 is 0 Å². The van der Waals surface area contributed by atoms with Crippen molar-refractivity contribution in [3.8, 4) is 0 Å². The van der Waals surface area contributed by atoms with Crippen molar-refractivity contribution in [2.75, 3.05) is 0 Å². The van der Waals surface area contributed by atoms with Crippen LogP contribution < -0.4 is 13.7 Å². The molecule has 0 amide bonds. The third-order valence-electron chi connectivity index (χ3n) is 1.75. The Morgan fingerprint density at radius 2 is 1.43 bits per heavy atom. The van der Waals surface area contributed by atoms with Crippen molar-refractivity contribution >= 4 is 23.9 Å². The van der Waals surface area contributed by atoms with Gasteiger partial charge in [-0.15, -0.1) is 0 Å². The number of benzene rings is 1. The predicted molar refractivity (Wildman–Crippen MR) is 56.9 cm³/mol. The molecule has 0 spiro atoms. The minimum atomic E-state index is 0.301. The zero-order valence-corrected chi connectivity index (χ0v) is 9.17. The van der Waals surface area contributed by atoms with Gasteiger partial charge >= 0.3 is 88.7 Å². The Labute approximate surface area is 88.9 Å². The molecule has 0 atom stereocenters. The first-order valence-corrected chi connectivity index (χ1v) is 5.97. The van der Waals surface area contributed by atoms with Crippen LogP contribution in [0, 0.1) is 5.21 Å². The number of hydrogen-bond acceptors (Lipinski definition) is 1. The third kappa shape index (κ3) is 2.34. The van der Waals surface area contributed by atoms with Crippen molar-refractivity contribution in [1.29, 1.82) is 0 Å². The van der Waals surface area contributed by atoms with Gasteiger partial charge < -0.3 is 0 Å². The summed E-state index contributed by atoms with van der Waals surface area (Å²) in [6, 6.07) is 14.0. The Hall–Kier alpha value is -1.31. The summed E-state index contributed by atoms with van der Waals surface area (Å²) < 4.78 is 3.35. The summed E-state index contributed by atoms with van der Waals surface area (Å²) in [6.07, 6.45) is 3.08. The van der Waals surface area contributed by atoms with E-state index < -0.39 is 0 Å². The van der Waals surface area contributed by atoms with Gasteiger partial charge in [0.15, 0.2) is 0 Å². The molecule has 0 saturated carbocycles. The van der Waals surface area contributed by atoms with Gasteiger partial charge in [0, 0.05) is 0 Å². The summed E-state index contributed by atoms with van der Waals surface area (Å²) in [6.45, 7) is 0. The van der Waals surface area contributed by atoms with E-state index in [1.54, 1.807) is 12.4 Å². The topological polar surface area (TPSA) is 26.9 Å². The molecule has 1 aromatic heterocycles. The van der Waals surface area contributed by atoms with Crippen LogP contribution in [0.3, 0.4) is 0 Å². The van der Waals surface area contributed by atoms with E-state index in [9.17, 15) is 5.21 Å². The minimum absolute atomic E-state index is 0.301. The monoisotopic (exact) mass is 251 g/mol. The van der Waals surface area contributed by atoms with E-state index in [1.165, 1.54) is 8.92 Å². The van der Waals surface area contributed by atoms with E-state index in [0.717, 1.165) is 4.73 Å². The third-order valence-corrected chi connectivity index (χ3v) is 3.88. The molecule has 0 aliphatic heterocycles. The van der Waals surface area contributed by atoms with Crippen LogP contribution in [0.2, 0.25) is 0 Å². The molecule has 0 radical (unpaired) electrons. The molecule has 2 aromatic rings. The Morgan fingerprint density at radius 1 is 0.857 bits per heavy atom. The van der Waals surface area contributed by atoms with Gasteiger partial charge in [0.25, 0.3) is 0 Å². The summed E-state index contributed by atoms with van der Waals surface area (Å²) in [4.78, 5) is 0. The van der Waals surface area contributed by atoms with Crippen molar-refractivity contribution in [2.45, 2.75) is 0 Å². The first kappa shape index (κ1) is 9.25. The van der Waals surface area contributed by atoms with Gasteiger partial charge in [-0.25, -0.2) is 0 Å². The zero-order chi connectivity index (χ0) is 9.80. The van der Waals surface area contributed by atoms with Gasteiger partial charge in [-0.3, -0.25) is 0 Å². The zero-order valence-electron chi connectivity index (χ0n) is 7.46. The van der Waals surface area contributed by atoms with Crippen molar-refractivity contribution in [1.82, 2.24) is 0 Å². The van der Waals surface area contributed by atoms with Crippen LogP contribution in [-0.2, 0) is 0 Å². The summed E-state index contributed by atoms with van der Waals surface area (Å²) in [5.41, 5.74) is 0. The average molecular weight is 250 g/mol. The number of rotatable bonds is 2. The van der Waals surface area contributed by atoms with Crippen molar-refractivity contribution in [3.05, 3.63) is 60.1 Å². The average Bonchev–Trinajstić information content (AvgIpc) is 2.23. The fourth-order valence-corrected chi connectivity index (χ4v) is 2.82. The van der Waals surface area contributed by atoms with Crippen LogP contribution in [0.4, 0.5) is 0 Å². The molecular formula is C11H9NOSe. The number of pyridine rings is 1. The van der Waals surface area contributed by atoms with Crippen molar-refractivity contribution in [2.24, 2.45) is 0 Å². The summed E-state index contributed by atoms with van der Waals surface area (Å²) >= 11 is 0.301. The van der Waals surface area contributed by atoms with E-state index in [4.69, 9.17) is 0 Å². The Balaban J connectivity index is 2.16. The van der Waals surface area contributed by atoms with Gasteiger partial charge in [0.05, 0.1) is 0 Å². The first-order chi connectivity index (χ1) is 6.84. The maximum absolute atomic E-state index is 10.8. The quantitative estimate of drug-likeness (QED) is 0.418. The second kappa shape index (κ2) is 4.27. The molecule has 0 aliphatic carbocycles. The molecule has 3 heteroatoms. The van der Waals surface area contributed by atoms with Gasteiger partial charge in [-0.1, -0.05) is 0 Å². The standard InChI is InChI=1S/C11H9NOSe/c13-12-8-6-11(7-9-12)14-10-4-2-1-3-5-10/h1-9H. The summed E-state index contributed by atoms with van der Waals surface area (Å²) in [5, 5.41) is 10.8. The summed E-state index contributed by atoms with van der Waals surface area (Å²) in [7, 11) is 0. The molecule has 0 unspecified atom stereocenters. The molecule has 2 nitrogen and oxygen atoms in total. The van der Waals surface area contributed by atoms with Crippen LogP contribution in [-0.4, -0.2) is 15.0 Å². The molecule has 14 heavy (non-hydrogen) atoms. The Kier molecular flexibility index (Phi) is 2.82. The Morgan fingerprint density at radius 3 is 2.07 bits per heavy atom. The fraction of sp³-hybridized carbons (Fsp3) is 0. The van der Waals surface area contributed by atoms with Crippen molar-refractivity contribution in [3.63, 3.8) is 0 Å². The normalized spacial score (nSPS) is 10.0. The molecule has 0 N–H and O–H groups in total. The predicted octanol–water partition coefficient (Wildman–Crippen LogP) is -0.0250. The first-order valence-electron chi connectivity index (χ1n) is 4.26. The van der Waals surface area contributed by atoms with E-state index in [-0.39, 0.29) is 0 Å². The maximum atomic E-state index is 10.8.